The maximum absolute atomic E-state index is 12.4. The number of nitrogens with one attached hydrogen (secondary N) is 1. The highest BCUT2D eigenvalue weighted by molar-refractivity contribution is 6.01. The predicted octanol–water partition coefficient (Wildman–Crippen LogP) is 1.54. The van der Waals surface area contributed by atoms with E-state index in [1.807, 2.05) is 0 Å². The van der Waals surface area contributed by atoms with Crippen molar-refractivity contribution >= 4 is 11.7 Å². The van der Waals surface area contributed by atoms with Gasteiger partial charge in [-0.15, -0.1) is 0 Å². The van der Waals surface area contributed by atoms with Gasteiger partial charge in [0.25, 0.3) is 5.91 Å². The Hall–Kier alpha value is -3.18. The molecule has 10 nitrogen and oxygen atoms in total. The van der Waals surface area contributed by atoms with Crippen LogP contribution in [0.1, 0.15) is 38.8 Å². The highest BCUT2D eigenvalue weighted by atomic mass is 16.5. The first kappa shape index (κ1) is 25.4. The molecular weight excluding hydrogens is 444 g/mol. The number of carbonyl (C=O) groups excluding carboxylic acids is 2. The Bertz CT molecular complexity index is 964. The summed E-state index contributed by atoms with van der Waals surface area (Å²) in [5.74, 6) is -1.31. The molecule has 1 unspecified atom stereocenters. The van der Waals surface area contributed by atoms with E-state index in [9.17, 15) is 19.8 Å². The second-order valence-electron chi connectivity index (χ2n) is 7.55. The van der Waals surface area contributed by atoms with E-state index in [2.05, 4.69) is 5.32 Å². The fraction of sp³-hybridized carbons (Fsp3) is 0.417. The normalized spacial score (nSPS) is 15.0. The fourth-order valence-electron chi connectivity index (χ4n) is 3.36. The molecule has 5 N–H and O–H groups in total. The van der Waals surface area contributed by atoms with Crippen molar-refractivity contribution in [2.75, 3.05) is 52.7 Å². The third-order valence-corrected chi connectivity index (χ3v) is 5.12. The average molecular weight is 475 g/mol. The average Bonchev–Trinajstić information content (AvgIpc) is 2.85. The molecule has 0 aliphatic carbocycles. The molecule has 0 saturated carbocycles. The zero-order valence-corrected chi connectivity index (χ0v) is 18.8. The van der Waals surface area contributed by atoms with E-state index in [1.165, 1.54) is 12.1 Å². The molecule has 2 aromatic carbocycles. The van der Waals surface area contributed by atoms with Crippen LogP contribution >= 0.6 is 0 Å². The molecule has 1 aliphatic heterocycles. The summed E-state index contributed by atoms with van der Waals surface area (Å²) in [6.07, 6.45) is -0.544. The zero-order valence-electron chi connectivity index (χ0n) is 18.8. The Kier molecular flexibility index (Phi) is 9.65. The van der Waals surface area contributed by atoms with E-state index < -0.39 is 11.9 Å². The second kappa shape index (κ2) is 12.9. The number of Topliss-reactive ketones (excluding diaryl/α,β-unsaturated/α-hetero) is 1. The molecule has 34 heavy (non-hydrogen) atoms. The van der Waals surface area contributed by atoms with E-state index in [4.69, 9.17) is 24.7 Å². The number of nitrogens with two attached hydrogens (primary N) is 1. The third-order valence-electron chi connectivity index (χ3n) is 5.12. The minimum atomic E-state index is -0.632. The van der Waals surface area contributed by atoms with Crippen LogP contribution in [0.3, 0.4) is 0 Å². The first-order valence-electron chi connectivity index (χ1n) is 11.1. The van der Waals surface area contributed by atoms with Gasteiger partial charge >= 0.3 is 0 Å². The van der Waals surface area contributed by atoms with Gasteiger partial charge in [-0.1, -0.05) is 12.1 Å². The smallest absolute Gasteiger partial charge is 0.251 e. The summed E-state index contributed by atoms with van der Waals surface area (Å²) < 4.78 is 21.7. The highest BCUT2D eigenvalue weighted by Crippen LogP contribution is 2.44. The third kappa shape index (κ3) is 6.91. The van der Waals surface area contributed by atoms with Gasteiger partial charge in [0.05, 0.1) is 51.6 Å². The van der Waals surface area contributed by atoms with Crippen molar-refractivity contribution < 1.29 is 38.7 Å². The number of phenols is 2. The van der Waals surface area contributed by atoms with Crippen LogP contribution in [0.25, 0.3) is 0 Å². The molecule has 0 saturated heterocycles. The Morgan fingerprint density at radius 1 is 0.971 bits per heavy atom. The summed E-state index contributed by atoms with van der Waals surface area (Å²) in [4.78, 5) is 24.8. The number of aromatic hydroxyl groups is 2. The van der Waals surface area contributed by atoms with Gasteiger partial charge in [-0.2, -0.15) is 0 Å². The van der Waals surface area contributed by atoms with Crippen LogP contribution < -0.4 is 15.8 Å². The van der Waals surface area contributed by atoms with Crippen LogP contribution in [-0.4, -0.2) is 74.6 Å². The van der Waals surface area contributed by atoms with E-state index in [-0.39, 0.29) is 35.2 Å². The molecule has 1 aliphatic rings. The summed E-state index contributed by atoms with van der Waals surface area (Å²) in [6, 6.07) is 9.34. The Balaban J connectivity index is 1.39. The monoisotopic (exact) mass is 474 g/mol. The number of hydrogen-bond donors (Lipinski definition) is 4. The molecule has 0 radical (unpaired) electrons. The lowest BCUT2D eigenvalue weighted by Crippen LogP contribution is -2.27. The van der Waals surface area contributed by atoms with Gasteiger partial charge in [-0.05, 0) is 29.8 Å². The Labute approximate surface area is 197 Å². The van der Waals surface area contributed by atoms with Crippen LogP contribution in [0.4, 0.5) is 0 Å². The van der Waals surface area contributed by atoms with Gasteiger partial charge < -0.3 is 40.2 Å². The molecule has 2 aromatic rings. The molecule has 0 bridgehead atoms. The molecular formula is C24H30N2O8. The lowest BCUT2D eigenvalue weighted by atomic mass is 9.95. The molecule has 1 atom stereocenters. The van der Waals surface area contributed by atoms with Gasteiger partial charge in [-0.25, -0.2) is 0 Å². The summed E-state index contributed by atoms with van der Waals surface area (Å²) in [7, 11) is 0. The molecule has 3 rings (SSSR count). The number of ether oxygens (including phenoxy) is 4. The molecule has 0 fully saturated rings. The van der Waals surface area contributed by atoms with Gasteiger partial charge in [0, 0.05) is 18.7 Å². The molecule has 0 aromatic heterocycles. The first-order valence-corrected chi connectivity index (χ1v) is 11.1. The number of hydrogen-bond acceptors (Lipinski definition) is 9. The molecule has 184 valence electrons. The number of carbonyl (C=O) groups is 2. The van der Waals surface area contributed by atoms with Crippen molar-refractivity contribution in [3.63, 3.8) is 0 Å². The Morgan fingerprint density at radius 2 is 1.62 bits per heavy atom. The molecule has 1 heterocycles. The number of benzene rings is 2. The lowest BCUT2D eigenvalue weighted by Gasteiger charge is -2.26. The second-order valence-corrected chi connectivity index (χ2v) is 7.55. The van der Waals surface area contributed by atoms with Crippen LogP contribution in [0, 0.1) is 0 Å². The number of rotatable bonds is 13. The highest BCUT2D eigenvalue weighted by Gasteiger charge is 2.31. The van der Waals surface area contributed by atoms with Crippen LogP contribution in [-0.2, 0) is 14.2 Å². The summed E-state index contributed by atoms with van der Waals surface area (Å²) in [5, 5.41) is 22.5. The lowest BCUT2D eigenvalue weighted by molar-refractivity contribution is 0.0166. The molecule has 10 heteroatoms. The van der Waals surface area contributed by atoms with Crippen LogP contribution in [0.5, 0.6) is 17.2 Å². The maximum Gasteiger partial charge on any atom is 0.251 e. The standard InChI is InChI=1S/C24H30N2O8/c25-7-9-31-11-13-33-14-12-32-10-8-26-24(30)17-3-1-16(2-4-17)21-15-20(28)18-5-6-19(27)22(29)23(18)34-21/h1-6,21,27,29H,7-15,25H2,(H,26,30). The summed E-state index contributed by atoms with van der Waals surface area (Å²) in [6.45, 7) is 3.53. The number of amides is 1. The van der Waals surface area contributed by atoms with Crippen molar-refractivity contribution in [1.82, 2.24) is 5.32 Å². The van der Waals surface area contributed by atoms with E-state index in [1.54, 1.807) is 24.3 Å². The number of fused-ring (bicyclic) bond motifs is 1. The fourth-order valence-corrected chi connectivity index (χ4v) is 3.36. The summed E-state index contributed by atoms with van der Waals surface area (Å²) in [5.41, 5.74) is 6.67. The van der Waals surface area contributed by atoms with Crippen LogP contribution in [0.15, 0.2) is 36.4 Å². The number of phenolic OH excluding ortho intramolecular Hbond substituents is 2. The maximum atomic E-state index is 12.4. The Morgan fingerprint density at radius 3 is 2.29 bits per heavy atom. The van der Waals surface area contributed by atoms with E-state index in [0.717, 1.165) is 0 Å². The minimum absolute atomic E-state index is 0.0339. The first-order chi connectivity index (χ1) is 16.5. The zero-order chi connectivity index (χ0) is 24.3. The summed E-state index contributed by atoms with van der Waals surface area (Å²) >= 11 is 0. The molecule has 0 spiro atoms. The largest absolute Gasteiger partial charge is 0.504 e. The van der Waals surface area contributed by atoms with Crippen molar-refractivity contribution in [3.8, 4) is 17.2 Å². The van der Waals surface area contributed by atoms with Gasteiger partial charge in [0.1, 0.15) is 6.10 Å². The van der Waals surface area contributed by atoms with Crippen molar-refractivity contribution in [2.24, 2.45) is 5.73 Å². The number of ketones is 1. The van der Waals surface area contributed by atoms with Gasteiger partial charge in [0.15, 0.2) is 17.3 Å². The van der Waals surface area contributed by atoms with Crippen LogP contribution in [0.2, 0.25) is 0 Å². The van der Waals surface area contributed by atoms with Gasteiger partial charge in [0.2, 0.25) is 5.75 Å². The molecule has 1 amide bonds. The predicted molar refractivity (Wildman–Crippen MR) is 122 cm³/mol. The van der Waals surface area contributed by atoms with Gasteiger partial charge in [-0.3, -0.25) is 9.59 Å². The SMILES string of the molecule is NCCOCCOCCOCCNC(=O)c1ccc(C2CC(=O)c3ccc(O)c(O)c3O2)cc1. The quantitative estimate of drug-likeness (QED) is 0.250. The van der Waals surface area contributed by atoms with E-state index >= 15 is 0 Å². The minimum Gasteiger partial charge on any atom is -0.504 e. The van der Waals surface area contributed by atoms with Crippen molar-refractivity contribution in [3.05, 3.63) is 53.1 Å². The van der Waals surface area contributed by atoms with E-state index in [0.29, 0.717) is 63.9 Å². The van der Waals surface area contributed by atoms with Crippen molar-refractivity contribution in [2.45, 2.75) is 12.5 Å². The van der Waals surface area contributed by atoms with Crippen molar-refractivity contribution in [1.29, 1.82) is 0 Å². The topological polar surface area (TPSA) is 150 Å².